The van der Waals surface area contributed by atoms with Crippen molar-refractivity contribution in [3.8, 4) is 5.75 Å². The predicted octanol–water partition coefficient (Wildman–Crippen LogP) is 2.19. The lowest BCUT2D eigenvalue weighted by Gasteiger charge is -2.03. The van der Waals surface area contributed by atoms with Crippen molar-refractivity contribution in [3.05, 3.63) is 28.8 Å². The fourth-order valence-electron chi connectivity index (χ4n) is 0.833. The van der Waals surface area contributed by atoms with Gasteiger partial charge in [-0.2, -0.15) is 0 Å². The number of hydrogen-bond acceptors (Lipinski definition) is 2. The van der Waals surface area contributed by atoms with Gasteiger partial charge in [0.15, 0.2) is 0 Å². The quantitative estimate of drug-likeness (QED) is 0.741. The molecule has 60 valence electrons. The summed E-state index contributed by atoms with van der Waals surface area (Å²) in [6.07, 6.45) is 0. The Balaban J connectivity index is 2.96. The molecule has 0 amide bonds. The lowest BCUT2D eigenvalue weighted by Crippen LogP contribution is -1.87. The van der Waals surface area contributed by atoms with Crippen molar-refractivity contribution >= 4 is 11.6 Å². The van der Waals surface area contributed by atoms with Gasteiger partial charge in [0.05, 0.1) is 11.6 Å². The standard InChI is InChI=1S/C8H9ClO2/c1-11-5-6-3-2-4-7(10)8(6)9/h2-4,10H,5H2,1H3. The van der Waals surface area contributed by atoms with Crippen molar-refractivity contribution in [2.75, 3.05) is 7.11 Å². The van der Waals surface area contributed by atoms with E-state index in [1.54, 1.807) is 19.2 Å². The van der Waals surface area contributed by atoms with Crippen LogP contribution in [0.5, 0.6) is 5.75 Å². The van der Waals surface area contributed by atoms with Crippen LogP contribution in [-0.2, 0) is 11.3 Å². The van der Waals surface area contributed by atoms with Crippen LogP contribution in [0.2, 0.25) is 5.02 Å². The number of rotatable bonds is 2. The number of ether oxygens (including phenoxy) is 1. The predicted molar refractivity (Wildman–Crippen MR) is 43.8 cm³/mol. The van der Waals surface area contributed by atoms with E-state index in [-0.39, 0.29) is 5.75 Å². The molecule has 1 N–H and O–H groups in total. The smallest absolute Gasteiger partial charge is 0.134 e. The summed E-state index contributed by atoms with van der Waals surface area (Å²) in [4.78, 5) is 0. The fourth-order valence-corrected chi connectivity index (χ4v) is 1.01. The minimum atomic E-state index is 0.0983. The number of aromatic hydroxyl groups is 1. The molecule has 0 aliphatic carbocycles. The van der Waals surface area contributed by atoms with Gasteiger partial charge in [-0.1, -0.05) is 23.7 Å². The fraction of sp³-hybridized carbons (Fsp3) is 0.250. The molecule has 0 saturated carbocycles. The Hall–Kier alpha value is -0.730. The molecular weight excluding hydrogens is 164 g/mol. The minimum absolute atomic E-state index is 0.0983. The first-order valence-corrected chi connectivity index (χ1v) is 3.59. The summed E-state index contributed by atoms with van der Waals surface area (Å²) in [6.45, 7) is 0.424. The second-order valence-corrected chi connectivity index (χ2v) is 2.56. The van der Waals surface area contributed by atoms with Crippen molar-refractivity contribution in [1.82, 2.24) is 0 Å². The molecular formula is C8H9ClO2. The van der Waals surface area contributed by atoms with E-state index in [0.717, 1.165) is 5.56 Å². The highest BCUT2D eigenvalue weighted by molar-refractivity contribution is 6.32. The van der Waals surface area contributed by atoms with Crippen LogP contribution in [0.25, 0.3) is 0 Å². The van der Waals surface area contributed by atoms with Gasteiger partial charge in [-0.15, -0.1) is 0 Å². The molecule has 0 aliphatic rings. The lowest BCUT2D eigenvalue weighted by atomic mass is 10.2. The summed E-state index contributed by atoms with van der Waals surface area (Å²) in [5, 5.41) is 9.51. The van der Waals surface area contributed by atoms with Gasteiger partial charge in [0, 0.05) is 12.7 Å². The van der Waals surface area contributed by atoms with Gasteiger partial charge in [0.2, 0.25) is 0 Å². The second kappa shape index (κ2) is 3.60. The molecule has 0 heterocycles. The SMILES string of the molecule is COCc1cccc(O)c1Cl. The average molecular weight is 173 g/mol. The first-order chi connectivity index (χ1) is 5.25. The van der Waals surface area contributed by atoms with E-state index >= 15 is 0 Å². The van der Waals surface area contributed by atoms with E-state index in [4.69, 9.17) is 21.4 Å². The number of hydrogen-bond donors (Lipinski definition) is 1. The minimum Gasteiger partial charge on any atom is -0.506 e. The molecule has 0 unspecified atom stereocenters. The van der Waals surface area contributed by atoms with Gasteiger partial charge in [-0.3, -0.25) is 0 Å². The number of benzene rings is 1. The summed E-state index contributed by atoms with van der Waals surface area (Å²) in [5.74, 6) is 0.0983. The first kappa shape index (κ1) is 8.37. The molecule has 1 aromatic carbocycles. The van der Waals surface area contributed by atoms with E-state index in [1.165, 1.54) is 0 Å². The van der Waals surface area contributed by atoms with Crippen molar-refractivity contribution in [2.24, 2.45) is 0 Å². The highest BCUT2D eigenvalue weighted by Crippen LogP contribution is 2.26. The molecule has 2 nitrogen and oxygen atoms in total. The Morgan fingerprint density at radius 3 is 2.91 bits per heavy atom. The molecule has 0 radical (unpaired) electrons. The Morgan fingerprint density at radius 1 is 1.55 bits per heavy atom. The maximum atomic E-state index is 9.14. The largest absolute Gasteiger partial charge is 0.506 e. The zero-order valence-corrected chi connectivity index (χ0v) is 6.93. The number of phenols is 1. The van der Waals surface area contributed by atoms with Crippen molar-refractivity contribution in [2.45, 2.75) is 6.61 Å². The van der Waals surface area contributed by atoms with Gasteiger partial charge in [-0.25, -0.2) is 0 Å². The maximum Gasteiger partial charge on any atom is 0.134 e. The monoisotopic (exact) mass is 172 g/mol. The summed E-state index contributed by atoms with van der Waals surface area (Å²) in [7, 11) is 1.58. The van der Waals surface area contributed by atoms with E-state index in [0.29, 0.717) is 11.6 Å². The van der Waals surface area contributed by atoms with E-state index in [9.17, 15) is 0 Å². The van der Waals surface area contributed by atoms with Crippen LogP contribution in [0, 0.1) is 0 Å². The van der Waals surface area contributed by atoms with Crippen LogP contribution < -0.4 is 0 Å². The normalized spacial score (nSPS) is 10.0. The van der Waals surface area contributed by atoms with Crippen molar-refractivity contribution < 1.29 is 9.84 Å². The summed E-state index contributed by atoms with van der Waals surface area (Å²) in [5.41, 5.74) is 0.800. The molecule has 3 heteroatoms. The van der Waals surface area contributed by atoms with Gasteiger partial charge < -0.3 is 9.84 Å². The molecule has 0 aliphatic heterocycles. The van der Waals surface area contributed by atoms with E-state index in [1.807, 2.05) is 6.07 Å². The summed E-state index contributed by atoms with van der Waals surface area (Å²) >= 11 is 5.74. The molecule has 0 aromatic heterocycles. The molecule has 1 aromatic rings. The van der Waals surface area contributed by atoms with Crippen LogP contribution >= 0.6 is 11.6 Å². The van der Waals surface area contributed by atoms with Crippen LogP contribution in [0.4, 0.5) is 0 Å². The zero-order valence-electron chi connectivity index (χ0n) is 6.17. The Morgan fingerprint density at radius 2 is 2.27 bits per heavy atom. The van der Waals surface area contributed by atoms with Crippen LogP contribution in [0.3, 0.4) is 0 Å². The van der Waals surface area contributed by atoms with Crippen LogP contribution in [-0.4, -0.2) is 12.2 Å². The Labute approximate surface area is 70.4 Å². The third-order valence-corrected chi connectivity index (χ3v) is 1.79. The van der Waals surface area contributed by atoms with Crippen molar-refractivity contribution in [1.29, 1.82) is 0 Å². The van der Waals surface area contributed by atoms with Crippen LogP contribution in [0.1, 0.15) is 5.56 Å². The topological polar surface area (TPSA) is 29.5 Å². The highest BCUT2D eigenvalue weighted by atomic mass is 35.5. The molecule has 0 saturated heterocycles. The third kappa shape index (κ3) is 1.85. The highest BCUT2D eigenvalue weighted by Gasteiger charge is 2.02. The summed E-state index contributed by atoms with van der Waals surface area (Å²) in [6, 6.07) is 5.09. The average Bonchev–Trinajstić information content (AvgIpc) is 1.99. The third-order valence-electron chi connectivity index (χ3n) is 1.36. The maximum absolute atomic E-state index is 9.14. The Bertz CT molecular complexity index is 248. The molecule has 0 spiro atoms. The number of methoxy groups -OCH3 is 1. The van der Waals surface area contributed by atoms with Gasteiger partial charge >= 0.3 is 0 Å². The van der Waals surface area contributed by atoms with Gasteiger partial charge in [0.1, 0.15) is 5.75 Å². The first-order valence-electron chi connectivity index (χ1n) is 3.21. The zero-order chi connectivity index (χ0) is 8.27. The van der Waals surface area contributed by atoms with E-state index in [2.05, 4.69) is 0 Å². The van der Waals surface area contributed by atoms with Gasteiger partial charge in [0.25, 0.3) is 0 Å². The van der Waals surface area contributed by atoms with Crippen LogP contribution in [0.15, 0.2) is 18.2 Å². The van der Waals surface area contributed by atoms with Gasteiger partial charge in [-0.05, 0) is 6.07 Å². The summed E-state index contributed by atoms with van der Waals surface area (Å²) < 4.78 is 4.87. The Kier molecular flexibility index (Phi) is 2.74. The molecule has 0 atom stereocenters. The molecule has 0 fully saturated rings. The molecule has 1 rings (SSSR count). The van der Waals surface area contributed by atoms with Crippen molar-refractivity contribution in [3.63, 3.8) is 0 Å². The second-order valence-electron chi connectivity index (χ2n) is 2.18. The lowest BCUT2D eigenvalue weighted by molar-refractivity contribution is 0.184. The van der Waals surface area contributed by atoms with E-state index < -0.39 is 0 Å². The number of halogens is 1. The number of phenolic OH excluding ortho intramolecular Hbond substituents is 1. The molecule has 0 bridgehead atoms. The molecule has 11 heavy (non-hydrogen) atoms.